The Balaban J connectivity index is 2.34. The van der Waals surface area contributed by atoms with Crippen LogP contribution in [0.2, 0.25) is 0 Å². The molecule has 0 aliphatic heterocycles. The van der Waals surface area contributed by atoms with Gasteiger partial charge < -0.3 is 24.7 Å². The standard InChI is InChI=1S/C20H20N2O5/c1-24-13-5-6-14-11(7-13)8-15(20(21)23)22-18(14)12-9-16(25-2)19(27-4)17(10-12)26-3/h5-10H,1-4H3,(H2,21,23). The van der Waals surface area contributed by atoms with Crippen LogP contribution in [0.3, 0.4) is 0 Å². The third kappa shape index (κ3) is 3.31. The SMILES string of the molecule is COc1ccc2c(-c3cc(OC)c(OC)c(OC)c3)nc(C(N)=O)cc2c1. The Morgan fingerprint density at radius 3 is 2.07 bits per heavy atom. The summed E-state index contributed by atoms with van der Waals surface area (Å²) < 4.78 is 21.5. The van der Waals surface area contributed by atoms with Crippen LogP contribution in [0.15, 0.2) is 36.4 Å². The fraction of sp³-hybridized carbons (Fsp3) is 0.200. The second-order valence-corrected chi connectivity index (χ2v) is 5.72. The number of amides is 1. The van der Waals surface area contributed by atoms with E-state index in [1.54, 1.807) is 25.3 Å². The van der Waals surface area contributed by atoms with Crippen LogP contribution in [0.5, 0.6) is 23.0 Å². The molecule has 7 heteroatoms. The van der Waals surface area contributed by atoms with E-state index in [1.165, 1.54) is 21.3 Å². The summed E-state index contributed by atoms with van der Waals surface area (Å²) in [6.45, 7) is 0. The predicted molar refractivity (Wildman–Crippen MR) is 102 cm³/mol. The number of hydrogen-bond acceptors (Lipinski definition) is 6. The molecule has 2 aromatic carbocycles. The number of nitrogens with two attached hydrogens (primary N) is 1. The first-order valence-corrected chi connectivity index (χ1v) is 8.11. The lowest BCUT2D eigenvalue weighted by molar-refractivity contribution is 0.0996. The number of hydrogen-bond donors (Lipinski definition) is 1. The molecule has 27 heavy (non-hydrogen) atoms. The molecule has 0 aliphatic rings. The van der Waals surface area contributed by atoms with Gasteiger partial charge in [-0.25, -0.2) is 4.98 Å². The summed E-state index contributed by atoms with van der Waals surface area (Å²) in [6, 6.07) is 10.7. The number of nitrogens with zero attached hydrogens (tertiary/aromatic N) is 1. The fourth-order valence-corrected chi connectivity index (χ4v) is 2.93. The van der Waals surface area contributed by atoms with Gasteiger partial charge in [0.1, 0.15) is 11.4 Å². The quantitative estimate of drug-likeness (QED) is 0.719. The van der Waals surface area contributed by atoms with E-state index in [0.29, 0.717) is 34.3 Å². The summed E-state index contributed by atoms with van der Waals surface area (Å²) in [7, 11) is 6.19. The van der Waals surface area contributed by atoms with Crippen LogP contribution >= 0.6 is 0 Å². The second kappa shape index (κ2) is 7.41. The molecule has 1 amide bonds. The van der Waals surface area contributed by atoms with E-state index in [-0.39, 0.29) is 5.69 Å². The first-order chi connectivity index (χ1) is 13.0. The lowest BCUT2D eigenvalue weighted by atomic mass is 10.0. The van der Waals surface area contributed by atoms with Crippen LogP contribution in [0.25, 0.3) is 22.0 Å². The number of carbonyl (C=O) groups is 1. The Kier molecular flexibility index (Phi) is 5.03. The molecule has 7 nitrogen and oxygen atoms in total. The Hall–Kier alpha value is -3.48. The van der Waals surface area contributed by atoms with Crippen molar-refractivity contribution in [3.63, 3.8) is 0 Å². The number of pyridine rings is 1. The topological polar surface area (TPSA) is 92.9 Å². The molecule has 0 saturated heterocycles. The van der Waals surface area contributed by atoms with Crippen LogP contribution in [0, 0.1) is 0 Å². The van der Waals surface area contributed by atoms with Crippen molar-refractivity contribution in [1.82, 2.24) is 4.98 Å². The van der Waals surface area contributed by atoms with E-state index in [2.05, 4.69) is 4.98 Å². The van der Waals surface area contributed by atoms with Crippen molar-refractivity contribution in [2.24, 2.45) is 5.73 Å². The Morgan fingerprint density at radius 2 is 1.56 bits per heavy atom. The number of benzene rings is 2. The molecule has 0 radical (unpaired) electrons. The lowest BCUT2D eigenvalue weighted by Crippen LogP contribution is -2.13. The smallest absolute Gasteiger partial charge is 0.267 e. The minimum Gasteiger partial charge on any atom is -0.497 e. The van der Waals surface area contributed by atoms with Gasteiger partial charge in [-0.1, -0.05) is 0 Å². The summed E-state index contributed by atoms with van der Waals surface area (Å²) >= 11 is 0. The highest BCUT2D eigenvalue weighted by atomic mass is 16.5. The van der Waals surface area contributed by atoms with Gasteiger partial charge in [-0.2, -0.15) is 0 Å². The van der Waals surface area contributed by atoms with Crippen LogP contribution in [-0.4, -0.2) is 39.3 Å². The van der Waals surface area contributed by atoms with E-state index >= 15 is 0 Å². The molecule has 0 saturated carbocycles. The number of methoxy groups -OCH3 is 4. The van der Waals surface area contributed by atoms with Gasteiger partial charge in [0.05, 0.1) is 34.1 Å². The monoisotopic (exact) mass is 368 g/mol. The Bertz CT molecular complexity index is 992. The van der Waals surface area contributed by atoms with Gasteiger partial charge in [-0.3, -0.25) is 4.79 Å². The van der Waals surface area contributed by atoms with Gasteiger partial charge in [0.15, 0.2) is 11.5 Å². The van der Waals surface area contributed by atoms with Gasteiger partial charge in [0, 0.05) is 10.9 Å². The average molecular weight is 368 g/mol. The molecular weight excluding hydrogens is 348 g/mol. The molecule has 3 aromatic rings. The van der Waals surface area contributed by atoms with E-state index in [0.717, 1.165) is 10.8 Å². The number of fused-ring (bicyclic) bond motifs is 1. The maximum absolute atomic E-state index is 11.8. The zero-order chi connectivity index (χ0) is 19.6. The minimum absolute atomic E-state index is 0.152. The summed E-state index contributed by atoms with van der Waals surface area (Å²) in [6.07, 6.45) is 0. The van der Waals surface area contributed by atoms with Gasteiger partial charge in [0.2, 0.25) is 5.75 Å². The molecule has 1 aromatic heterocycles. The summed E-state index contributed by atoms with van der Waals surface area (Å²) in [5.74, 6) is 1.49. The largest absolute Gasteiger partial charge is 0.497 e. The molecule has 3 rings (SSSR count). The Labute approximate surface area is 156 Å². The minimum atomic E-state index is -0.617. The van der Waals surface area contributed by atoms with Crippen LogP contribution in [0.4, 0.5) is 0 Å². The van der Waals surface area contributed by atoms with Crippen molar-refractivity contribution < 1.29 is 23.7 Å². The third-order valence-electron chi connectivity index (χ3n) is 4.23. The first-order valence-electron chi connectivity index (χ1n) is 8.11. The highest BCUT2D eigenvalue weighted by molar-refractivity contribution is 6.01. The van der Waals surface area contributed by atoms with Crippen molar-refractivity contribution in [1.29, 1.82) is 0 Å². The summed E-state index contributed by atoms with van der Waals surface area (Å²) in [5.41, 5.74) is 6.90. The van der Waals surface area contributed by atoms with Gasteiger partial charge in [-0.05, 0) is 41.8 Å². The number of aromatic nitrogens is 1. The predicted octanol–water partition coefficient (Wildman–Crippen LogP) is 3.04. The number of carbonyl (C=O) groups excluding carboxylic acids is 1. The maximum Gasteiger partial charge on any atom is 0.267 e. The molecule has 0 aliphatic carbocycles. The van der Waals surface area contributed by atoms with E-state index in [1.807, 2.05) is 18.2 Å². The molecule has 0 spiro atoms. The lowest BCUT2D eigenvalue weighted by Gasteiger charge is -2.15. The van der Waals surface area contributed by atoms with Crippen molar-refractivity contribution in [2.45, 2.75) is 0 Å². The first kappa shape index (κ1) is 18.3. The van der Waals surface area contributed by atoms with Crippen LogP contribution in [-0.2, 0) is 0 Å². The molecule has 0 atom stereocenters. The van der Waals surface area contributed by atoms with Crippen LogP contribution < -0.4 is 24.7 Å². The van der Waals surface area contributed by atoms with Gasteiger partial charge in [0.25, 0.3) is 5.91 Å². The molecule has 2 N–H and O–H groups in total. The van der Waals surface area contributed by atoms with Gasteiger partial charge >= 0.3 is 0 Å². The highest BCUT2D eigenvalue weighted by Crippen LogP contribution is 2.42. The second-order valence-electron chi connectivity index (χ2n) is 5.72. The van der Waals surface area contributed by atoms with E-state index in [9.17, 15) is 4.79 Å². The van der Waals surface area contributed by atoms with Crippen molar-refractivity contribution in [3.05, 3.63) is 42.1 Å². The van der Waals surface area contributed by atoms with Gasteiger partial charge in [-0.15, -0.1) is 0 Å². The van der Waals surface area contributed by atoms with Crippen molar-refractivity contribution in [3.8, 4) is 34.3 Å². The zero-order valence-corrected chi connectivity index (χ0v) is 15.5. The molecule has 140 valence electrons. The molecule has 0 fully saturated rings. The molecular formula is C20H20N2O5. The zero-order valence-electron chi connectivity index (χ0n) is 15.5. The Morgan fingerprint density at radius 1 is 0.889 bits per heavy atom. The number of primary amides is 1. The molecule has 0 bridgehead atoms. The van der Waals surface area contributed by atoms with Crippen LogP contribution in [0.1, 0.15) is 10.5 Å². The summed E-state index contributed by atoms with van der Waals surface area (Å²) in [5, 5.41) is 1.61. The van der Waals surface area contributed by atoms with E-state index in [4.69, 9.17) is 24.7 Å². The molecule has 1 heterocycles. The maximum atomic E-state index is 11.8. The third-order valence-corrected chi connectivity index (χ3v) is 4.23. The highest BCUT2D eigenvalue weighted by Gasteiger charge is 2.18. The van der Waals surface area contributed by atoms with E-state index < -0.39 is 5.91 Å². The summed E-state index contributed by atoms with van der Waals surface area (Å²) in [4.78, 5) is 16.3. The normalized spacial score (nSPS) is 10.5. The van der Waals surface area contributed by atoms with Crippen molar-refractivity contribution in [2.75, 3.05) is 28.4 Å². The fourth-order valence-electron chi connectivity index (χ4n) is 2.93. The number of rotatable bonds is 6. The molecule has 0 unspecified atom stereocenters. The number of ether oxygens (including phenoxy) is 4. The average Bonchev–Trinajstić information content (AvgIpc) is 2.70. The van der Waals surface area contributed by atoms with Crippen molar-refractivity contribution >= 4 is 16.7 Å².